The summed E-state index contributed by atoms with van der Waals surface area (Å²) in [6.45, 7) is 1.56. The van der Waals surface area contributed by atoms with Gasteiger partial charge in [0, 0.05) is 29.6 Å². The van der Waals surface area contributed by atoms with E-state index in [1.807, 2.05) is 30.3 Å². The minimum absolute atomic E-state index is 0.355. The molecule has 0 aliphatic carbocycles. The fourth-order valence-electron chi connectivity index (χ4n) is 3.53. The molecule has 2 heterocycles. The van der Waals surface area contributed by atoms with Crippen LogP contribution in [0.25, 0.3) is 11.3 Å². The number of rotatable bonds is 4. The van der Waals surface area contributed by atoms with Crippen LogP contribution in [0, 0.1) is 0 Å². The van der Waals surface area contributed by atoms with Crippen molar-refractivity contribution in [1.29, 1.82) is 0 Å². The lowest BCUT2D eigenvalue weighted by molar-refractivity contribution is 0.0601. The Hall–Kier alpha value is -2.79. The van der Waals surface area contributed by atoms with Crippen LogP contribution in [-0.2, 0) is 4.74 Å². The highest BCUT2D eigenvalue weighted by molar-refractivity contribution is 6.30. The maximum atomic E-state index is 12.5. The van der Waals surface area contributed by atoms with Crippen LogP contribution in [0.15, 0.2) is 59.1 Å². The van der Waals surface area contributed by atoms with Crippen molar-refractivity contribution >= 4 is 23.5 Å². The average Bonchev–Trinajstić information content (AvgIpc) is 3.36. The fourth-order valence-corrected chi connectivity index (χ4v) is 3.66. The number of anilines is 1. The molecule has 138 valence electrons. The Bertz CT molecular complexity index is 938. The van der Waals surface area contributed by atoms with Crippen molar-refractivity contribution in [2.75, 3.05) is 25.1 Å². The molecule has 1 aromatic heterocycles. The second-order valence-corrected chi connectivity index (χ2v) is 6.99. The van der Waals surface area contributed by atoms with Crippen LogP contribution in [0.4, 0.5) is 5.88 Å². The summed E-state index contributed by atoms with van der Waals surface area (Å²) in [5.41, 5.74) is 2.87. The Balaban J connectivity index is 1.67. The number of carbonyl (C=O) groups is 1. The van der Waals surface area contributed by atoms with Crippen molar-refractivity contribution < 1.29 is 14.1 Å². The number of aromatic nitrogens is 1. The van der Waals surface area contributed by atoms with E-state index in [2.05, 4.69) is 22.2 Å². The molecule has 0 saturated carbocycles. The lowest BCUT2D eigenvalue weighted by Crippen LogP contribution is -2.21. The summed E-state index contributed by atoms with van der Waals surface area (Å²) in [6, 6.07) is 17.5. The first-order valence-electron chi connectivity index (χ1n) is 8.81. The minimum Gasteiger partial charge on any atom is -0.465 e. The summed E-state index contributed by atoms with van der Waals surface area (Å²) in [5, 5.41) is 4.78. The van der Waals surface area contributed by atoms with E-state index in [0.29, 0.717) is 28.1 Å². The molecule has 4 rings (SSSR count). The van der Waals surface area contributed by atoms with E-state index in [1.165, 1.54) is 12.7 Å². The number of methoxy groups -OCH3 is 1. The van der Waals surface area contributed by atoms with Gasteiger partial charge in [0.05, 0.1) is 7.11 Å². The first-order valence-corrected chi connectivity index (χ1v) is 9.19. The van der Waals surface area contributed by atoms with E-state index in [9.17, 15) is 4.79 Å². The highest BCUT2D eigenvalue weighted by atomic mass is 35.5. The molecule has 0 radical (unpaired) electrons. The first kappa shape index (κ1) is 17.6. The van der Waals surface area contributed by atoms with Gasteiger partial charge in [0.2, 0.25) is 5.88 Å². The van der Waals surface area contributed by atoms with Crippen molar-refractivity contribution in [2.45, 2.75) is 12.3 Å². The Morgan fingerprint density at radius 1 is 1.19 bits per heavy atom. The summed E-state index contributed by atoms with van der Waals surface area (Å²) in [5.74, 6) is 0.394. The van der Waals surface area contributed by atoms with Crippen molar-refractivity contribution in [3.05, 3.63) is 70.7 Å². The standard InChI is InChI=1S/C21H19ClN2O3/c1-26-21(25)18-19(15-7-9-17(22)10-8-15)23-27-20(18)24-12-11-16(13-24)14-5-3-2-4-6-14/h2-10,16H,11-13H2,1H3/t16-/m1/s1. The molecule has 0 spiro atoms. The Kier molecular flexibility index (Phi) is 4.86. The van der Waals surface area contributed by atoms with Crippen LogP contribution in [0.2, 0.25) is 5.02 Å². The third kappa shape index (κ3) is 3.43. The monoisotopic (exact) mass is 382 g/mol. The van der Waals surface area contributed by atoms with Gasteiger partial charge in [-0.2, -0.15) is 0 Å². The second kappa shape index (κ2) is 7.45. The number of esters is 1. The van der Waals surface area contributed by atoms with Gasteiger partial charge in [0.1, 0.15) is 5.69 Å². The topological polar surface area (TPSA) is 55.6 Å². The van der Waals surface area contributed by atoms with E-state index in [1.54, 1.807) is 12.1 Å². The number of hydrogen-bond donors (Lipinski definition) is 0. The van der Waals surface area contributed by atoms with E-state index >= 15 is 0 Å². The molecule has 3 aromatic rings. The molecule has 0 bridgehead atoms. The van der Waals surface area contributed by atoms with Crippen LogP contribution >= 0.6 is 11.6 Å². The molecule has 5 nitrogen and oxygen atoms in total. The SMILES string of the molecule is COC(=O)c1c(-c2ccc(Cl)cc2)noc1N1CC[C@@H](c2ccccc2)C1. The van der Waals surface area contributed by atoms with Gasteiger partial charge in [0.25, 0.3) is 0 Å². The summed E-state index contributed by atoms with van der Waals surface area (Å²) >= 11 is 5.97. The molecule has 6 heteroatoms. The smallest absolute Gasteiger partial charge is 0.345 e. The quantitative estimate of drug-likeness (QED) is 0.608. The zero-order chi connectivity index (χ0) is 18.8. The predicted octanol–water partition coefficient (Wildman–Crippen LogP) is 4.78. The fraction of sp³-hybridized carbons (Fsp3) is 0.238. The van der Waals surface area contributed by atoms with E-state index < -0.39 is 5.97 Å². The number of ether oxygens (including phenoxy) is 1. The van der Waals surface area contributed by atoms with Gasteiger partial charge in [-0.1, -0.05) is 59.2 Å². The third-order valence-electron chi connectivity index (χ3n) is 4.93. The van der Waals surface area contributed by atoms with Crippen LogP contribution in [-0.4, -0.2) is 31.3 Å². The average molecular weight is 383 g/mol. The van der Waals surface area contributed by atoms with Gasteiger partial charge < -0.3 is 14.2 Å². The van der Waals surface area contributed by atoms with Crippen molar-refractivity contribution in [2.24, 2.45) is 0 Å². The summed E-state index contributed by atoms with van der Waals surface area (Å²) in [7, 11) is 1.36. The normalized spacial score (nSPS) is 16.5. The molecule has 0 unspecified atom stereocenters. The first-order chi connectivity index (χ1) is 13.2. The Morgan fingerprint density at radius 2 is 1.93 bits per heavy atom. The molecular weight excluding hydrogens is 364 g/mol. The lowest BCUT2D eigenvalue weighted by Gasteiger charge is -2.16. The van der Waals surface area contributed by atoms with E-state index in [-0.39, 0.29) is 0 Å². The summed E-state index contributed by atoms with van der Waals surface area (Å²) < 4.78 is 10.6. The lowest BCUT2D eigenvalue weighted by atomic mass is 9.99. The van der Waals surface area contributed by atoms with Gasteiger partial charge in [-0.15, -0.1) is 0 Å². The zero-order valence-electron chi connectivity index (χ0n) is 14.9. The van der Waals surface area contributed by atoms with Gasteiger partial charge in [0.15, 0.2) is 5.56 Å². The number of nitrogens with zero attached hydrogens (tertiary/aromatic N) is 2. The molecule has 0 amide bonds. The van der Waals surface area contributed by atoms with Gasteiger partial charge in [-0.05, 0) is 24.1 Å². The molecule has 27 heavy (non-hydrogen) atoms. The number of halogens is 1. The van der Waals surface area contributed by atoms with Crippen molar-refractivity contribution in [1.82, 2.24) is 5.16 Å². The Morgan fingerprint density at radius 3 is 2.63 bits per heavy atom. The number of hydrogen-bond acceptors (Lipinski definition) is 5. The summed E-state index contributed by atoms with van der Waals surface area (Å²) in [4.78, 5) is 14.6. The van der Waals surface area contributed by atoms with Gasteiger partial charge in [-0.3, -0.25) is 0 Å². The van der Waals surface area contributed by atoms with Crippen LogP contribution in [0.5, 0.6) is 0 Å². The third-order valence-corrected chi connectivity index (χ3v) is 5.18. The number of carbonyl (C=O) groups excluding carboxylic acids is 1. The van der Waals surface area contributed by atoms with Crippen molar-refractivity contribution in [3.8, 4) is 11.3 Å². The van der Waals surface area contributed by atoms with Crippen LogP contribution in [0.1, 0.15) is 28.3 Å². The second-order valence-electron chi connectivity index (χ2n) is 6.55. The van der Waals surface area contributed by atoms with Gasteiger partial charge in [-0.25, -0.2) is 4.79 Å². The zero-order valence-corrected chi connectivity index (χ0v) is 15.6. The van der Waals surface area contributed by atoms with E-state index in [0.717, 1.165) is 25.1 Å². The molecule has 1 saturated heterocycles. The maximum absolute atomic E-state index is 12.5. The molecule has 1 aliphatic heterocycles. The molecule has 0 N–H and O–H groups in total. The highest BCUT2D eigenvalue weighted by Crippen LogP contribution is 2.37. The maximum Gasteiger partial charge on any atom is 0.345 e. The van der Waals surface area contributed by atoms with E-state index in [4.69, 9.17) is 20.9 Å². The molecule has 1 fully saturated rings. The minimum atomic E-state index is -0.459. The summed E-state index contributed by atoms with van der Waals surface area (Å²) in [6.07, 6.45) is 0.988. The van der Waals surface area contributed by atoms with Crippen molar-refractivity contribution in [3.63, 3.8) is 0 Å². The predicted molar refractivity (Wildman–Crippen MR) is 104 cm³/mol. The largest absolute Gasteiger partial charge is 0.465 e. The Labute approximate surface area is 162 Å². The molecular formula is C21H19ClN2O3. The molecule has 1 aliphatic rings. The van der Waals surface area contributed by atoms with Crippen LogP contribution < -0.4 is 4.90 Å². The highest BCUT2D eigenvalue weighted by Gasteiger charge is 2.33. The number of benzene rings is 2. The van der Waals surface area contributed by atoms with Gasteiger partial charge >= 0.3 is 5.97 Å². The van der Waals surface area contributed by atoms with Crippen LogP contribution in [0.3, 0.4) is 0 Å². The molecule has 1 atom stereocenters. The molecule has 2 aromatic carbocycles.